The third kappa shape index (κ3) is 8.75. The first-order valence-corrected chi connectivity index (χ1v) is 10.3. The van der Waals surface area contributed by atoms with Crippen LogP contribution in [-0.4, -0.2) is 29.9 Å². The van der Waals surface area contributed by atoms with Gasteiger partial charge in [-0.25, -0.2) is 4.39 Å². The zero-order valence-corrected chi connectivity index (χ0v) is 18.6. The molecule has 3 rings (SSSR count). The Labute approximate surface area is 181 Å². The van der Waals surface area contributed by atoms with E-state index < -0.39 is 0 Å². The summed E-state index contributed by atoms with van der Waals surface area (Å²) in [7, 11) is 0. The van der Waals surface area contributed by atoms with Crippen molar-refractivity contribution >= 4 is 5.91 Å². The van der Waals surface area contributed by atoms with Crippen LogP contribution in [0.3, 0.4) is 0 Å². The third-order valence-electron chi connectivity index (χ3n) is 4.80. The zero-order chi connectivity index (χ0) is 22.5. The summed E-state index contributed by atoms with van der Waals surface area (Å²) in [6, 6.07) is 13.1. The lowest BCUT2D eigenvalue weighted by molar-refractivity contribution is -0.130. The molecular weight excluding hydrogens is 375 g/mol. The molecule has 1 amide bonds. The predicted octanol–water partition coefficient (Wildman–Crippen LogP) is 5.51. The predicted molar refractivity (Wildman–Crippen MR) is 125 cm³/mol. The van der Waals surface area contributed by atoms with Gasteiger partial charge in [-0.15, -0.1) is 13.2 Å². The van der Waals surface area contributed by atoms with Crippen molar-refractivity contribution in [1.82, 2.24) is 10.2 Å². The van der Waals surface area contributed by atoms with E-state index >= 15 is 0 Å². The number of rotatable bonds is 4. The number of nitrogens with zero attached hydrogens (tertiary/aromatic N) is 1. The van der Waals surface area contributed by atoms with Crippen LogP contribution in [-0.2, 0) is 11.2 Å². The van der Waals surface area contributed by atoms with Crippen molar-refractivity contribution in [2.45, 2.75) is 46.1 Å². The fourth-order valence-corrected chi connectivity index (χ4v) is 3.58. The molecule has 162 valence electrons. The minimum atomic E-state index is -0.162. The van der Waals surface area contributed by atoms with Crippen molar-refractivity contribution in [3.63, 3.8) is 0 Å². The van der Waals surface area contributed by atoms with E-state index in [1.54, 1.807) is 12.3 Å². The number of carbonyl (C=O) groups excluding carboxylic acids is 1. The standard InChI is InChI=1S/C17H24N2O.C7H7F.C2H4/c1-4-19(16-5-7-18-8-6-16)17(20)12-15-10-13(2)9-14(3)11-15;1-6-3-2-4-7(8)5-6;1-2/h4,9-11,16,18H,1,5-8,12H2,2-3H3;2-5H,1H3;1-2H2. The minimum Gasteiger partial charge on any atom is -0.317 e. The SMILES string of the molecule is C=C.C=CN(C(=O)Cc1cc(C)cc(C)c1)C1CCNCC1.Cc1cccc(F)c1. The molecule has 1 aliphatic rings. The molecule has 0 unspecified atom stereocenters. The Morgan fingerprint density at radius 3 is 2.13 bits per heavy atom. The molecule has 4 heteroatoms. The monoisotopic (exact) mass is 410 g/mol. The number of hydrogen-bond acceptors (Lipinski definition) is 2. The van der Waals surface area contributed by atoms with Gasteiger partial charge in [-0.05, 0) is 76.2 Å². The maximum absolute atomic E-state index is 12.5. The zero-order valence-electron chi connectivity index (χ0n) is 18.6. The molecule has 0 aromatic heterocycles. The Morgan fingerprint density at radius 1 is 1.07 bits per heavy atom. The molecule has 0 spiro atoms. The summed E-state index contributed by atoms with van der Waals surface area (Å²) in [5, 5.41) is 3.32. The molecule has 30 heavy (non-hydrogen) atoms. The Balaban J connectivity index is 0.000000375. The first-order valence-electron chi connectivity index (χ1n) is 10.3. The van der Waals surface area contributed by atoms with E-state index in [2.05, 4.69) is 57.1 Å². The van der Waals surface area contributed by atoms with Gasteiger partial charge in [0.1, 0.15) is 5.82 Å². The van der Waals surface area contributed by atoms with Crippen LogP contribution in [0.5, 0.6) is 0 Å². The van der Waals surface area contributed by atoms with E-state index in [9.17, 15) is 9.18 Å². The quantitative estimate of drug-likeness (QED) is 0.675. The Hall–Kier alpha value is -2.72. The van der Waals surface area contributed by atoms with Crippen LogP contribution in [0.2, 0.25) is 0 Å². The molecule has 3 nitrogen and oxygen atoms in total. The Kier molecular flexibility index (Phi) is 11.4. The first kappa shape index (κ1) is 25.3. The number of piperidine rings is 1. The highest BCUT2D eigenvalue weighted by Crippen LogP contribution is 2.16. The van der Waals surface area contributed by atoms with Gasteiger partial charge < -0.3 is 10.2 Å². The minimum absolute atomic E-state index is 0.150. The Morgan fingerprint density at radius 2 is 1.67 bits per heavy atom. The molecule has 1 heterocycles. The molecule has 1 saturated heterocycles. The van der Waals surface area contributed by atoms with Gasteiger partial charge in [0.25, 0.3) is 0 Å². The van der Waals surface area contributed by atoms with E-state index in [0.29, 0.717) is 12.5 Å². The lowest BCUT2D eigenvalue weighted by Crippen LogP contribution is -2.43. The molecule has 0 atom stereocenters. The van der Waals surface area contributed by atoms with E-state index in [-0.39, 0.29) is 11.7 Å². The second-order valence-electron chi connectivity index (χ2n) is 7.44. The van der Waals surface area contributed by atoms with Gasteiger partial charge in [-0.2, -0.15) is 0 Å². The highest BCUT2D eigenvalue weighted by atomic mass is 19.1. The van der Waals surface area contributed by atoms with Crippen LogP contribution in [0, 0.1) is 26.6 Å². The summed E-state index contributed by atoms with van der Waals surface area (Å²) in [5.41, 5.74) is 4.47. The first-order chi connectivity index (χ1) is 14.4. The number of halogens is 1. The Bertz CT molecular complexity index is 775. The summed E-state index contributed by atoms with van der Waals surface area (Å²) < 4.78 is 12.2. The average molecular weight is 411 g/mol. The van der Waals surface area contributed by atoms with Crippen LogP contribution in [0.15, 0.2) is 68.4 Å². The summed E-state index contributed by atoms with van der Waals surface area (Å²) in [6.45, 7) is 17.8. The normalized spacial score (nSPS) is 13.2. The number of carbonyl (C=O) groups is 1. The van der Waals surface area contributed by atoms with Crippen molar-refractivity contribution in [2.75, 3.05) is 13.1 Å². The summed E-state index contributed by atoms with van der Waals surface area (Å²) in [5.74, 6) is -0.0121. The van der Waals surface area contributed by atoms with Crippen LogP contribution < -0.4 is 5.32 Å². The summed E-state index contributed by atoms with van der Waals surface area (Å²) >= 11 is 0. The van der Waals surface area contributed by atoms with Crippen molar-refractivity contribution < 1.29 is 9.18 Å². The molecule has 2 aromatic rings. The average Bonchev–Trinajstić information content (AvgIpc) is 2.70. The van der Waals surface area contributed by atoms with Gasteiger partial charge in [-0.1, -0.05) is 48.0 Å². The van der Waals surface area contributed by atoms with Crippen molar-refractivity contribution in [1.29, 1.82) is 0 Å². The van der Waals surface area contributed by atoms with E-state index in [1.807, 2.05) is 17.9 Å². The van der Waals surface area contributed by atoms with Crippen LogP contribution in [0.25, 0.3) is 0 Å². The lowest BCUT2D eigenvalue weighted by Gasteiger charge is -2.32. The van der Waals surface area contributed by atoms with Crippen molar-refractivity contribution in [2.24, 2.45) is 0 Å². The highest BCUT2D eigenvalue weighted by Gasteiger charge is 2.23. The molecule has 1 aliphatic heterocycles. The molecular formula is C26H35FN2O. The second kappa shape index (κ2) is 13.5. The van der Waals surface area contributed by atoms with Crippen molar-refractivity contribution in [3.8, 4) is 0 Å². The van der Waals surface area contributed by atoms with Gasteiger partial charge in [-0.3, -0.25) is 4.79 Å². The maximum atomic E-state index is 12.5. The van der Waals surface area contributed by atoms with E-state index in [1.165, 1.54) is 23.3 Å². The fraction of sp³-hybridized carbons (Fsp3) is 0.346. The van der Waals surface area contributed by atoms with E-state index in [0.717, 1.165) is 37.1 Å². The third-order valence-corrected chi connectivity index (χ3v) is 4.80. The van der Waals surface area contributed by atoms with Gasteiger partial charge in [0.15, 0.2) is 0 Å². The molecule has 2 aromatic carbocycles. The lowest BCUT2D eigenvalue weighted by atomic mass is 10.0. The van der Waals surface area contributed by atoms with Gasteiger partial charge in [0.05, 0.1) is 6.42 Å². The number of benzene rings is 2. The van der Waals surface area contributed by atoms with Gasteiger partial charge in [0, 0.05) is 6.04 Å². The topological polar surface area (TPSA) is 32.3 Å². The molecule has 0 bridgehead atoms. The van der Waals surface area contributed by atoms with Crippen LogP contribution >= 0.6 is 0 Å². The van der Waals surface area contributed by atoms with Gasteiger partial charge in [0.2, 0.25) is 5.91 Å². The van der Waals surface area contributed by atoms with Gasteiger partial charge >= 0.3 is 0 Å². The second-order valence-corrected chi connectivity index (χ2v) is 7.44. The molecule has 0 saturated carbocycles. The van der Waals surface area contributed by atoms with Crippen LogP contribution in [0.1, 0.15) is 35.1 Å². The number of nitrogens with one attached hydrogen (secondary N) is 1. The van der Waals surface area contributed by atoms with Crippen molar-refractivity contribution in [3.05, 3.63) is 96.5 Å². The molecule has 0 radical (unpaired) electrons. The molecule has 1 fully saturated rings. The fourth-order valence-electron chi connectivity index (χ4n) is 3.58. The molecule has 0 aliphatic carbocycles. The molecule has 1 N–H and O–H groups in total. The maximum Gasteiger partial charge on any atom is 0.231 e. The highest BCUT2D eigenvalue weighted by molar-refractivity contribution is 5.80. The number of amides is 1. The van der Waals surface area contributed by atoms with Crippen LogP contribution in [0.4, 0.5) is 4.39 Å². The number of hydrogen-bond donors (Lipinski definition) is 1. The number of aryl methyl sites for hydroxylation is 3. The smallest absolute Gasteiger partial charge is 0.231 e. The largest absolute Gasteiger partial charge is 0.317 e. The summed E-state index contributed by atoms with van der Waals surface area (Å²) in [6.07, 6.45) is 4.16. The summed E-state index contributed by atoms with van der Waals surface area (Å²) in [4.78, 5) is 14.3. The van der Waals surface area contributed by atoms with E-state index in [4.69, 9.17) is 0 Å².